The average molecular weight is 503 g/mol. The Labute approximate surface area is 177 Å². The maximum absolute atomic E-state index is 12.0. The molecule has 0 fully saturated rings. The zero-order valence-corrected chi connectivity index (χ0v) is 22.0. The molecule has 4 nitrogen and oxygen atoms in total. The molecule has 0 aliphatic rings. The fraction of sp³-hybridized carbons (Fsp3) is 0.826. The number of aliphatic carboxylic acids is 1. The summed E-state index contributed by atoms with van der Waals surface area (Å²) < 4.78 is 6.41. The molecule has 0 aromatic rings. The molecule has 0 aliphatic heterocycles. The Morgan fingerprint density at radius 1 is 0.929 bits per heavy atom. The predicted molar refractivity (Wildman–Crippen MR) is 120 cm³/mol. The minimum atomic E-state index is -2.63. The van der Waals surface area contributed by atoms with Gasteiger partial charge in [0.2, 0.25) is 0 Å². The Balaban J connectivity index is 5.93. The first-order valence-corrected chi connectivity index (χ1v) is 18.9. The second-order valence-corrected chi connectivity index (χ2v) is 22.2. The van der Waals surface area contributed by atoms with Crippen LogP contribution in [-0.4, -0.2) is 46.4 Å². The van der Waals surface area contributed by atoms with E-state index in [9.17, 15) is 14.7 Å². The zero-order chi connectivity index (χ0) is 21.8. The Hall–Kier alpha value is -0.361. The molecule has 0 rings (SSSR count). The predicted octanol–water partition coefficient (Wildman–Crippen LogP) is 6.14. The van der Waals surface area contributed by atoms with Crippen molar-refractivity contribution in [3.8, 4) is 0 Å². The summed E-state index contributed by atoms with van der Waals surface area (Å²) in [5.41, 5.74) is 0.751. The Bertz CT molecular complexity index is 483. The van der Waals surface area contributed by atoms with Crippen molar-refractivity contribution in [1.29, 1.82) is 0 Å². The zero-order valence-electron chi connectivity index (χ0n) is 19.1. The molecule has 0 aliphatic carbocycles. The summed E-state index contributed by atoms with van der Waals surface area (Å²) in [6.45, 7) is 13.0. The molecule has 0 heterocycles. The summed E-state index contributed by atoms with van der Waals surface area (Å²) in [7, 11) is 0. The van der Waals surface area contributed by atoms with Crippen molar-refractivity contribution in [1.82, 2.24) is 0 Å². The molecule has 0 radical (unpaired) electrons. The van der Waals surface area contributed by atoms with Crippen molar-refractivity contribution in [2.75, 3.05) is 0 Å². The van der Waals surface area contributed by atoms with Gasteiger partial charge in [0.1, 0.15) is 0 Å². The number of hydrogen-bond donors (Lipinski definition) is 2. The monoisotopic (exact) mass is 504 g/mol. The van der Waals surface area contributed by atoms with Crippen LogP contribution in [0.1, 0.15) is 92.9 Å². The molecule has 0 amide bonds. The van der Waals surface area contributed by atoms with Gasteiger partial charge in [-0.3, -0.25) is 0 Å². The van der Waals surface area contributed by atoms with Gasteiger partial charge in [-0.05, 0) is 0 Å². The number of Topliss-reactive ketones (excluding diaryl/α,β-unsaturated/α-hetero) is 1. The average Bonchev–Trinajstić information content (AvgIpc) is 2.58. The van der Waals surface area contributed by atoms with Crippen molar-refractivity contribution in [2.24, 2.45) is 5.41 Å². The van der Waals surface area contributed by atoms with E-state index in [0.29, 0.717) is 0 Å². The van der Waals surface area contributed by atoms with E-state index in [-0.39, 0.29) is 11.8 Å². The number of hydrogen-bond acceptors (Lipinski definition) is 3. The fourth-order valence-corrected chi connectivity index (χ4v) is 20.0. The van der Waals surface area contributed by atoms with Crippen LogP contribution in [0, 0.1) is 5.41 Å². The molecule has 2 N–H and O–H groups in total. The van der Waals surface area contributed by atoms with Crippen LogP contribution in [0.15, 0.2) is 9.67 Å². The number of carbonyl (C=O) groups excluding carboxylic acids is 1. The van der Waals surface area contributed by atoms with Gasteiger partial charge >= 0.3 is 177 Å². The number of carboxylic acids is 1. The van der Waals surface area contributed by atoms with E-state index in [2.05, 4.69) is 45.6 Å². The van der Waals surface area contributed by atoms with E-state index in [1.165, 1.54) is 51.8 Å². The second kappa shape index (κ2) is 13.8. The molecule has 0 aromatic carbocycles. The molecular formula is C23H44O4Sn. The molecule has 164 valence electrons. The van der Waals surface area contributed by atoms with Crippen LogP contribution in [0.25, 0.3) is 0 Å². The van der Waals surface area contributed by atoms with Gasteiger partial charge in [0, 0.05) is 0 Å². The van der Waals surface area contributed by atoms with E-state index < -0.39 is 42.7 Å². The second-order valence-electron chi connectivity index (χ2n) is 9.35. The number of carbonyl (C=O) groups is 2. The molecule has 0 bridgehead atoms. The summed E-state index contributed by atoms with van der Waals surface area (Å²) in [5.74, 6) is -1.52. The van der Waals surface area contributed by atoms with E-state index in [4.69, 9.17) is 5.11 Å². The number of aliphatic hydroxyl groups excluding tert-OH is 1. The molecule has 0 unspecified atom stereocenters. The third-order valence-corrected chi connectivity index (χ3v) is 19.7. The number of ketones is 1. The Morgan fingerprint density at radius 2 is 1.36 bits per heavy atom. The van der Waals surface area contributed by atoms with E-state index in [1.807, 2.05) is 0 Å². The van der Waals surface area contributed by atoms with Crippen LogP contribution in [0.3, 0.4) is 0 Å². The van der Waals surface area contributed by atoms with Crippen molar-refractivity contribution < 1.29 is 19.8 Å². The number of unbranched alkanes of at least 4 members (excludes halogenated alkanes) is 3. The molecule has 0 saturated carbocycles. The van der Waals surface area contributed by atoms with Gasteiger partial charge in [-0.15, -0.1) is 0 Å². The van der Waals surface area contributed by atoms with Gasteiger partial charge in [0.05, 0.1) is 0 Å². The van der Waals surface area contributed by atoms with Gasteiger partial charge in [0.15, 0.2) is 0 Å². The summed E-state index contributed by atoms with van der Waals surface area (Å²) in [6, 6.07) is 0. The quantitative estimate of drug-likeness (QED) is 0.208. The third-order valence-electron chi connectivity index (χ3n) is 5.54. The van der Waals surface area contributed by atoms with Gasteiger partial charge in [-0.25, -0.2) is 0 Å². The molecular weight excluding hydrogens is 459 g/mol. The molecule has 28 heavy (non-hydrogen) atoms. The molecule has 0 spiro atoms. The standard InChI is InChI=1S/C11H17O4.3C4H9.Sn/c1-7(11(2,3)4)9(13)5-8(12)6-10(14)15;3*1-3-4-2;/h1,9,13H,5-6H2,2-4H3,(H,14,15);3*1,3-4H2,2H3;/t9-;;;;/m0..../s1. The van der Waals surface area contributed by atoms with E-state index >= 15 is 0 Å². The Kier molecular flexibility index (Phi) is 13.6. The number of carboxylic acid groups (broad SMARTS) is 1. The van der Waals surface area contributed by atoms with Crippen LogP contribution in [-0.2, 0) is 9.59 Å². The topological polar surface area (TPSA) is 74.6 Å². The normalized spacial score (nSPS) is 14.2. The first kappa shape index (κ1) is 27.6. The SMILES string of the molecule is CCC[CH2][Sn]([CH]=C([C@@H](O)CC(=O)CC(=O)O)C(C)(C)C)([CH2]CCC)[CH2]CCC. The van der Waals surface area contributed by atoms with Gasteiger partial charge in [0.25, 0.3) is 0 Å². The summed E-state index contributed by atoms with van der Waals surface area (Å²) in [4.78, 5) is 22.9. The van der Waals surface area contributed by atoms with Crippen LogP contribution >= 0.6 is 0 Å². The van der Waals surface area contributed by atoms with Crippen molar-refractivity contribution in [3.05, 3.63) is 9.67 Å². The van der Waals surface area contributed by atoms with Crippen LogP contribution < -0.4 is 0 Å². The van der Waals surface area contributed by atoms with Crippen LogP contribution in [0.5, 0.6) is 0 Å². The van der Waals surface area contributed by atoms with E-state index in [1.54, 1.807) is 0 Å². The first-order chi connectivity index (χ1) is 13.0. The van der Waals surface area contributed by atoms with E-state index in [0.717, 1.165) is 5.57 Å². The number of aliphatic hydroxyl groups is 1. The summed E-state index contributed by atoms with van der Waals surface area (Å²) in [5, 5.41) is 19.8. The number of rotatable bonds is 15. The van der Waals surface area contributed by atoms with Crippen molar-refractivity contribution >= 4 is 30.1 Å². The molecule has 5 heteroatoms. The fourth-order valence-electron chi connectivity index (χ4n) is 3.89. The molecule has 0 saturated heterocycles. The van der Waals surface area contributed by atoms with Crippen molar-refractivity contribution in [2.45, 2.75) is 112 Å². The molecule has 0 aromatic heterocycles. The van der Waals surface area contributed by atoms with Gasteiger partial charge < -0.3 is 0 Å². The van der Waals surface area contributed by atoms with Crippen LogP contribution in [0.4, 0.5) is 0 Å². The minimum absolute atomic E-state index is 0.0906. The Morgan fingerprint density at radius 3 is 1.68 bits per heavy atom. The first-order valence-electron chi connectivity index (χ1n) is 11.2. The summed E-state index contributed by atoms with van der Waals surface area (Å²) >= 11 is -2.63. The third kappa shape index (κ3) is 11.0. The summed E-state index contributed by atoms with van der Waals surface area (Å²) in [6.07, 6.45) is 5.83. The van der Waals surface area contributed by atoms with Gasteiger partial charge in [-0.1, -0.05) is 0 Å². The van der Waals surface area contributed by atoms with Gasteiger partial charge in [-0.2, -0.15) is 0 Å². The van der Waals surface area contributed by atoms with Crippen molar-refractivity contribution in [3.63, 3.8) is 0 Å². The molecule has 1 atom stereocenters. The van der Waals surface area contributed by atoms with Crippen LogP contribution in [0.2, 0.25) is 13.3 Å². The maximum atomic E-state index is 12.0.